The minimum atomic E-state index is -0.710. The molecule has 2 unspecified atom stereocenters. The zero-order valence-corrected chi connectivity index (χ0v) is 12.8. The molecule has 4 nitrogen and oxygen atoms in total. The number of amides is 1. The van der Waals surface area contributed by atoms with Crippen molar-refractivity contribution in [2.45, 2.75) is 39.3 Å². The molecular weight excluding hydrogens is 315 g/mol. The second kappa shape index (κ2) is 6.75. The number of halogens is 2. The molecule has 19 heavy (non-hydrogen) atoms. The molecule has 0 spiro atoms. The molecule has 2 atom stereocenters. The van der Waals surface area contributed by atoms with Gasteiger partial charge < -0.3 is 15.8 Å². The van der Waals surface area contributed by atoms with Gasteiger partial charge in [-0.3, -0.25) is 4.79 Å². The highest BCUT2D eigenvalue weighted by Gasteiger charge is 2.19. The Morgan fingerprint density at radius 1 is 1.53 bits per heavy atom. The first-order chi connectivity index (χ1) is 8.85. The zero-order chi connectivity index (χ0) is 14.6. The summed E-state index contributed by atoms with van der Waals surface area (Å²) in [5.74, 6) is -0.424. The quantitative estimate of drug-likeness (QED) is 0.815. The average molecular weight is 333 g/mol. The predicted molar refractivity (Wildman–Crippen MR) is 76.5 cm³/mol. The van der Waals surface area contributed by atoms with Crippen molar-refractivity contribution in [1.29, 1.82) is 0 Å². The molecule has 106 valence electrons. The van der Waals surface area contributed by atoms with E-state index in [9.17, 15) is 9.18 Å². The van der Waals surface area contributed by atoms with Crippen LogP contribution in [0.15, 0.2) is 16.6 Å². The fourth-order valence-corrected chi connectivity index (χ4v) is 1.94. The molecule has 0 aromatic heterocycles. The summed E-state index contributed by atoms with van der Waals surface area (Å²) in [6, 6.07) is 2.47. The van der Waals surface area contributed by atoms with Gasteiger partial charge in [0.25, 0.3) is 5.91 Å². The third-order valence-corrected chi connectivity index (χ3v) is 3.29. The smallest absolute Gasteiger partial charge is 0.260 e. The molecule has 3 N–H and O–H groups in total. The van der Waals surface area contributed by atoms with Crippen molar-refractivity contribution in [2.75, 3.05) is 5.73 Å². The van der Waals surface area contributed by atoms with E-state index in [-0.39, 0.29) is 23.4 Å². The fraction of sp³-hybridized carbons (Fsp3) is 0.462. The van der Waals surface area contributed by atoms with Crippen LogP contribution >= 0.6 is 15.9 Å². The second-order valence-electron chi connectivity index (χ2n) is 4.38. The second-order valence-corrected chi connectivity index (χ2v) is 5.24. The van der Waals surface area contributed by atoms with Gasteiger partial charge in [-0.15, -0.1) is 0 Å². The molecule has 0 fully saturated rings. The van der Waals surface area contributed by atoms with Crippen LogP contribution in [0.1, 0.15) is 27.2 Å². The SMILES string of the molecule is CCC(C)NC(=O)C(C)Oc1c(N)cc(F)cc1Br. The van der Waals surface area contributed by atoms with Crippen LogP contribution in [0.3, 0.4) is 0 Å². The van der Waals surface area contributed by atoms with Crippen LogP contribution in [-0.4, -0.2) is 18.1 Å². The summed E-state index contributed by atoms with van der Waals surface area (Å²) >= 11 is 3.16. The molecule has 0 bridgehead atoms. The van der Waals surface area contributed by atoms with Crippen molar-refractivity contribution >= 4 is 27.5 Å². The lowest BCUT2D eigenvalue weighted by Gasteiger charge is -2.19. The van der Waals surface area contributed by atoms with E-state index in [1.165, 1.54) is 6.07 Å². The van der Waals surface area contributed by atoms with Crippen LogP contribution in [0.4, 0.5) is 10.1 Å². The maximum absolute atomic E-state index is 13.1. The molecule has 1 aromatic rings. The van der Waals surface area contributed by atoms with Gasteiger partial charge in [0.05, 0.1) is 10.2 Å². The standard InChI is InChI=1S/C13H18BrFN2O2/c1-4-7(2)17-13(18)8(3)19-12-10(14)5-9(15)6-11(12)16/h5-8H,4,16H2,1-3H3,(H,17,18). The highest BCUT2D eigenvalue weighted by molar-refractivity contribution is 9.10. The molecule has 1 amide bonds. The Morgan fingerprint density at radius 3 is 2.68 bits per heavy atom. The minimum absolute atomic E-state index is 0.0764. The summed E-state index contributed by atoms with van der Waals surface area (Å²) in [5.41, 5.74) is 5.82. The Balaban J connectivity index is 2.77. The van der Waals surface area contributed by atoms with E-state index in [4.69, 9.17) is 10.5 Å². The van der Waals surface area contributed by atoms with E-state index in [2.05, 4.69) is 21.2 Å². The van der Waals surface area contributed by atoms with E-state index >= 15 is 0 Å². The molecule has 6 heteroatoms. The van der Waals surface area contributed by atoms with E-state index in [0.717, 1.165) is 12.5 Å². The maximum Gasteiger partial charge on any atom is 0.260 e. The summed E-state index contributed by atoms with van der Waals surface area (Å²) in [5, 5.41) is 2.81. The first-order valence-electron chi connectivity index (χ1n) is 6.06. The molecule has 0 aliphatic rings. The van der Waals surface area contributed by atoms with E-state index in [1.54, 1.807) is 6.92 Å². The summed E-state index contributed by atoms with van der Waals surface area (Å²) in [7, 11) is 0. The maximum atomic E-state index is 13.1. The van der Waals surface area contributed by atoms with Gasteiger partial charge in [0.1, 0.15) is 5.82 Å². The molecule has 0 radical (unpaired) electrons. The average Bonchev–Trinajstić information content (AvgIpc) is 2.32. The predicted octanol–water partition coefficient (Wildman–Crippen LogP) is 2.85. The number of hydrogen-bond acceptors (Lipinski definition) is 3. The zero-order valence-electron chi connectivity index (χ0n) is 11.2. The van der Waals surface area contributed by atoms with E-state index in [1.807, 2.05) is 13.8 Å². The van der Waals surface area contributed by atoms with Crippen molar-refractivity contribution < 1.29 is 13.9 Å². The topological polar surface area (TPSA) is 64.3 Å². The highest BCUT2D eigenvalue weighted by Crippen LogP contribution is 2.33. The number of anilines is 1. The Labute approximate surface area is 120 Å². The number of benzene rings is 1. The number of rotatable bonds is 5. The molecule has 0 aliphatic carbocycles. The van der Waals surface area contributed by atoms with Gasteiger partial charge in [-0.25, -0.2) is 4.39 Å². The van der Waals surface area contributed by atoms with E-state index < -0.39 is 11.9 Å². The van der Waals surface area contributed by atoms with E-state index in [0.29, 0.717) is 4.47 Å². The Bertz CT molecular complexity index is 445. The number of carbonyl (C=O) groups excluding carboxylic acids is 1. The number of nitrogens with one attached hydrogen (secondary N) is 1. The number of nitrogen functional groups attached to an aromatic ring is 1. The van der Waals surface area contributed by atoms with Crippen molar-refractivity contribution in [3.8, 4) is 5.75 Å². The first-order valence-corrected chi connectivity index (χ1v) is 6.86. The number of hydrogen-bond donors (Lipinski definition) is 2. The number of ether oxygens (including phenoxy) is 1. The highest BCUT2D eigenvalue weighted by atomic mass is 79.9. The Hall–Kier alpha value is -1.30. The Kier molecular flexibility index (Phi) is 5.60. The third kappa shape index (κ3) is 4.38. The number of carbonyl (C=O) groups is 1. The summed E-state index contributed by atoms with van der Waals surface area (Å²) in [4.78, 5) is 11.8. The molecule has 1 aromatic carbocycles. The molecule has 0 saturated carbocycles. The van der Waals surface area contributed by atoms with Gasteiger partial charge in [-0.1, -0.05) is 6.92 Å². The van der Waals surface area contributed by atoms with Gasteiger partial charge in [-0.05, 0) is 42.3 Å². The van der Waals surface area contributed by atoms with Gasteiger partial charge in [-0.2, -0.15) is 0 Å². The fourth-order valence-electron chi connectivity index (χ4n) is 1.40. The van der Waals surface area contributed by atoms with Crippen LogP contribution in [0.2, 0.25) is 0 Å². The molecule has 0 aliphatic heterocycles. The van der Waals surface area contributed by atoms with Gasteiger partial charge >= 0.3 is 0 Å². The lowest BCUT2D eigenvalue weighted by atomic mass is 10.2. The van der Waals surface area contributed by atoms with Crippen LogP contribution in [0.25, 0.3) is 0 Å². The molecular formula is C13H18BrFN2O2. The van der Waals surface area contributed by atoms with Crippen LogP contribution in [-0.2, 0) is 4.79 Å². The van der Waals surface area contributed by atoms with Crippen molar-refractivity contribution in [2.24, 2.45) is 0 Å². The first kappa shape index (κ1) is 15.8. The van der Waals surface area contributed by atoms with Crippen molar-refractivity contribution in [1.82, 2.24) is 5.32 Å². The van der Waals surface area contributed by atoms with Crippen LogP contribution < -0.4 is 15.8 Å². The number of nitrogens with two attached hydrogens (primary N) is 1. The largest absolute Gasteiger partial charge is 0.478 e. The lowest BCUT2D eigenvalue weighted by Crippen LogP contribution is -2.41. The van der Waals surface area contributed by atoms with Gasteiger partial charge in [0.15, 0.2) is 11.9 Å². The Morgan fingerprint density at radius 2 is 2.16 bits per heavy atom. The van der Waals surface area contributed by atoms with Crippen molar-refractivity contribution in [3.63, 3.8) is 0 Å². The van der Waals surface area contributed by atoms with Crippen LogP contribution in [0, 0.1) is 5.82 Å². The normalized spacial score (nSPS) is 13.7. The lowest BCUT2D eigenvalue weighted by molar-refractivity contribution is -0.127. The van der Waals surface area contributed by atoms with Crippen molar-refractivity contribution in [3.05, 3.63) is 22.4 Å². The summed E-state index contributed by atoms with van der Waals surface area (Å²) < 4.78 is 18.9. The molecule has 0 heterocycles. The van der Waals surface area contributed by atoms with Gasteiger partial charge in [0, 0.05) is 12.1 Å². The monoisotopic (exact) mass is 332 g/mol. The molecule has 0 saturated heterocycles. The molecule has 1 rings (SSSR count). The summed E-state index contributed by atoms with van der Waals surface area (Å²) in [6.45, 7) is 5.50. The third-order valence-electron chi connectivity index (χ3n) is 2.70. The van der Waals surface area contributed by atoms with Gasteiger partial charge in [0.2, 0.25) is 0 Å². The minimum Gasteiger partial charge on any atom is -0.478 e. The van der Waals surface area contributed by atoms with Crippen LogP contribution in [0.5, 0.6) is 5.75 Å². The summed E-state index contributed by atoms with van der Waals surface area (Å²) in [6.07, 6.45) is 0.124.